The van der Waals surface area contributed by atoms with Crippen LogP contribution in [0.3, 0.4) is 0 Å². The summed E-state index contributed by atoms with van der Waals surface area (Å²) < 4.78 is 0. The van der Waals surface area contributed by atoms with Crippen LogP contribution in [0.1, 0.15) is 6.92 Å². The van der Waals surface area contributed by atoms with Crippen molar-refractivity contribution < 1.29 is 5.11 Å². The highest BCUT2D eigenvalue weighted by atomic mass is 16.2. The number of hydrogen-bond donors (Lipinski definition) is 1. The molecule has 0 aromatic heterocycles. The van der Waals surface area contributed by atoms with Gasteiger partial charge in [-0.05, 0) is 13.0 Å². The van der Waals surface area contributed by atoms with Gasteiger partial charge in [-0.3, -0.25) is 0 Å². The second-order valence-corrected chi connectivity index (χ2v) is 1.46. The largest absolute Gasteiger partial charge is 0.516 e. The lowest BCUT2D eigenvalue weighted by Crippen LogP contribution is -1.61. The molecule has 0 amide bonds. The normalized spacial score (nSPS) is 12.4. The summed E-state index contributed by atoms with van der Waals surface area (Å²) in [5.41, 5.74) is 1.04. The van der Waals surface area contributed by atoms with E-state index in [-0.39, 0.29) is 0 Å². The van der Waals surface area contributed by atoms with Gasteiger partial charge in [0.05, 0.1) is 6.26 Å². The fraction of sp³-hybridized carbons (Fsp3) is 0.143. The van der Waals surface area contributed by atoms with Crippen LogP contribution in [0, 0.1) is 0 Å². The third-order valence-corrected chi connectivity index (χ3v) is 0.767. The molecule has 0 bridgehead atoms. The number of aliphatic hydroxyl groups excluding tert-OH is 1. The molecular weight excluding hydrogens is 100 g/mol. The first-order chi connectivity index (χ1) is 3.81. The Morgan fingerprint density at radius 1 is 1.62 bits per heavy atom. The van der Waals surface area contributed by atoms with Crippen molar-refractivity contribution in [3.05, 3.63) is 36.6 Å². The Morgan fingerprint density at radius 2 is 2.25 bits per heavy atom. The highest BCUT2D eigenvalue weighted by molar-refractivity contribution is 5.18. The van der Waals surface area contributed by atoms with Gasteiger partial charge in [0, 0.05) is 0 Å². The van der Waals surface area contributed by atoms with Gasteiger partial charge in [-0.15, -0.1) is 0 Å². The van der Waals surface area contributed by atoms with Crippen LogP contribution in [0.5, 0.6) is 0 Å². The zero-order chi connectivity index (χ0) is 6.41. The molecular formula is C7H10O. The van der Waals surface area contributed by atoms with Gasteiger partial charge in [0.1, 0.15) is 0 Å². The van der Waals surface area contributed by atoms with E-state index < -0.39 is 0 Å². The topological polar surface area (TPSA) is 20.2 Å². The molecule has 1 N–H and O–H groups in total. The van der Waals surface area contributed by atoms with E-state index in [1.807, 2.05) is 6.92 Å². The van der Waals surface area contributed by atoms with Crippen LogP contribution in [0.15, 0.2) is 36.6 Å². The summed E-state index contributed by atoms with van der Waals surface area (Å²) in [5, 5.41) is 8.15. The third kappa shape index (κ3) is 3.22. The highest BCUT2D eigenvalue weighted by Gasteiger charge is 1.70. The minimum atomic E-state index is 0.993. The van der Waals surface area contributed by atoms with E-state index in [1.165, 1.54) is 0 Å². The van der Waals surface area contributed by atoms with Crippen LogP contribution in [0.4, 0.5) is 0 Å². The molecule has 0 radical (unpaired) electrons. The minimum absolute atomic E-state index is 0.993. The quantitative estimate of drug-likeness (QED) is 0.426. The van der Waals surface area contributed by atoms with Gasteiger partial charge in [0.2, 0.25) is 0 Å². The molecule has 0 rings (SSSR count). The molecule has 44 valence electrons. The molecule has 0 unspecified atom stereocenters. The van der Waals surface area contributed by atoms with Crippen molar-refractivity contribution in [3.63, 3.8) is 0 Å². The predicted molar refractivity (Wildman–Crippen MR) is 35.7 cm³/mol. The Kier molecular flexibility index (Phi) is 3.67. The maximum atomic E-state index is 8.15. The molecule has 0 aliphatic heterocycles. The Hall–Kier alpha value is -0.980. The molecule has 0 atom stereocenters. The average Bonchev–Trinajstić information content (AvgIpc) is 1.83. The monoisotopic (exact) mass is 110 g/mol. The van der Waals surface area contributed by atoms with E-state index in [2.05, 4.69) is 6.58 Å². The summed E-state index contributed by atoms with van der Waals surface area (Å²) in [6.45, 7) is 5.44. The minimum Gasteiger partial charge on any atom is -0.516 e. The van der Waals surface area contributed by atoms with Gasteiger partial charge in [-0.25, -0.2) is 0 Å². The molecule has 0 aromatic carbocycles. The number of hydrogen-bond acceptors (Lipinski definition) is 1. The van der Waals surface area contributed by atoms with Crippen LogP contribution in [-0.4, -0.2) is 5.11 Å². The zero-order valence-corrected chi connectivity index (χ0v) is 4.96. The first kappa shape index (κ1) is 7.02. The number of aliphatic hydroxyl groups is 1. The van der Waals surface area contributed by atoms with Crippen LogP contribution < -0.4 is 0 Å². The summed E-state index contributed by atoms with van der Waals surface area (Å²) in [5.74, 6) is 0. The Balaban J connectivity index is 3.74. The van der Waals surface area contributed by atoms with E-state index in [4.69, 9.17) is 5.11 Å². The van der Waals surface area contributed by atoms with Crippen molar-refractivity contribution in [1.82, 2.24) is 0 Å². The summed E-state index contributed by atoms with van der Waals surface area (Å²) in [6, 6.07) is 0. The Labute approximate surface area is 49.7 Å². The standard InChI is InChI=1S/C7H10O/c1-3-7(2)5-4-6-8/h3-6,8H,1H2,2H3/b6-4+,7-5+. The summed E-state index contributed by atoms with van der Waals surface area (Å²) in [6.07, 6.45) is 6.04. The fourth-order valence-corrected chi connectivity index (χ4v) is 0.263. The van der Waals surface area contributed by atoms with E-state index in [1.54, 1.807) is 18.2 Å². The van der Waals surface area contributed by atoms with Crippen molar-refractivity contribution in [3.8, 4) is 0 Å². The first-order valence-corrected chi connectivity index (χ1v) is 2.41. The van der Waals surface area contributed by atoms with Gasteiger partial charge in [0.15, 0.2) is 0 Å². The lowest BCUT2D eigenvalue weighted by molar-refractivity contribution is 0.473. The molecule has 8 heavy (non-hydrogen) atoms. The van der Waals surface area contributed by atoms with Crippen molar-refractivity contribution in [2.75, 3.05) is 0 Å². The lowest BCUT2D eigenvalue weighted by Gasteiger charge is -1.81. The van der Waals surface area contributed by atoms with E-state index in [9.17, 15) is 0 Å². The average molecular weight is 110 g/mol. The molecule has 0 spiro atoms. The molecule has 0 heterocycles. The Morgan fingerprint density at radius 3 is 2.62 bits per heavy atom. The molecule has 0 saturated heterocycles. The molecule has 1 nitrogen and oxygen atoms in total. The maximum Gasteiger partial charge on any atom is 0.0791 e. The van der Waals surface area contributed by atoms with Gasteiger partial charge < -0.3 is 5.11 Å². The van der Waals surface area contributed by atoms with Gasteiger partial charge in [-0.1, -0.05) is 24.3 Å². The molecule has 0 fully saturated rings. The van der Waals surface area contributed by atoms with Gasteiger partial charge in [-0.2, -0.15) is 0 Å². The van der Waals surface area contributed by atoms with Crippen LogP contribution >= 0.6 is 0 Å². The van der Waals surface area contributed by atoms with Gasteiger partial charge in [0.25, 0.3) is 0 Å². The van der Waals surface area contributed by atoms with Crippen LogP contribution in [0.2, 0.25) is 0 Å². The van der Waals surface area contributed by atoms with Crippen molar-refractivity contribution in [2.45, 2.75) is 6.92 Å². The van der Waals surface area contributed by atoms with Gasteiger partial charge >= 0.3 is 0 Å². The summed E-state index contributed by atoms with van der Waals surface area (Å²) in [4.78, 5) is 0. The van der Waals surface area contributed by atoms with E-state index in [0.29, 0.717) is 0 Å². The Bertz CT molecular complexity index is 120. The summed E-state index contributed by atoms with van der Waals surface area (Å²) in [7, 11) is 0. The summed E-state index contributed by atoms with van der Waals surface area (Å²) >= 11 is 0. The second-order valence-electron chi connectivity index (χ2n) is 1.46. The van der Waals surface area contributed by atoms with Crippen LogP contribution in [-0.2, 0) is 0 Å². The second kappa shape index (κ2) is 4.19. The number of rotatable bonds is 2. The van der Waals surface area contributed by atoms with E-state index >= 15 is 0 Å². The smallest absolute Gasteiger partial charge is 0.0791 e. The number of allylic oxidation sites excluding steroid dienone is 4. The fourth-order valence-electron chi connectivity index (χ4n) is 0.263. The molecule has 0 aliphatic carbocycles. The molecule has 0 aliphatic rings. The molecule has 0 saturated carbocycles. The van der Waals surface area contributed by atoms with Crippen molar-refractivity contribution in [2.24, 2.45) is 0 Å². The maximum absolute atomic E-state index is 8.15. The SMILES string of the molecule is C=C/C(C)=C/C=C/O. The zero-order valence-electron chi connectivity index (χ0n) is 4.96. The molecule has 0 aromatic rings. The highest BCUT2D eigenvalue weighted by Crippen LogP contribution is 1.91. The third-order valence-electron chi connectivity index (χ3n) is 0.767. The van der Waals surface area contributed by atoms with Crippen molar-refractivity contribution in [1.29, 1.82) is 0 Å². The predicted octanol–water partition coefficient (Wildman–Crippen LogP) is 2.19. The first-order valence-electron chi connectivity index (χ1n) is 2.41. The van der Waals surface area contributed by atoms with E-state index in [0.717, 1.165) is 11.8 Å². The van der Waals surface area contributed by atoms with Crippen LogP contribution in [0.25, 0.3) is 0 Å². The van der Waals surface area contributed by atoms with Crippen molar-refractivity contribution >= 4 is 0 Å². The molecule has 1 heteroatoms. The lowest BCUT2D eigenvalue weighted by atomic mass is 10.3.